The van der Waals surface area contributed by atoms with Gasteiger partial charge in [-0.3, -0.25) is 9.69 Å². The van der Waals surface area contributed by atoms with E-state index in [0.29, 0.717) is 13.0 Å². The second-order valence-electron chi connectivity index (χ2n) is 3.65. The van der Waals surface area contributed by atoms with Crippen LogP contribution in [-0.4, -0.2) is 48.7 Å². The number of hydrogen-bond donors (Lipinski definition) is 1. The zero-order chi connectivity index (χ0) is 10.6. The molecule has 1 fully saturated rings. The van der Waals surface area contributed by atoms with Crippen LogP contribution in [0.5, 0.6) is 0 Å². The Morgan fingerprint density at radius 1 is 1.71 bits per heavy atom. The third-order valence-electron chi connectivity index (χ3n) is 2.72. The molecule has 1 N–H and O–H groups in total. The highest BCUT2D eigenvalue weighted by Crippen LogP contribution is 2.09. The van der Waals surface area contributed by atoms with Crippen LogP contribution in [0.3, 0.4) is 0 Å². The molecule has 1 saturated heterocycles. The standard InChI is InChI=1S/C10H18N2O2/c1-3-10(14)9-6-11-4-5-12(9)8(2)7-13/h7-9,11H,3-6H2,1-2H3. The van der Waals surface area contributed by atoms with Gasteiger partial charge in [0, 0.05) is 26.1 Å². The molecule has 0 radical (unpaired) electrons. The first kappa shape index (κ1) is 11.3. The largest absolute Gasteiger partial charge is 0.313 e. The van der Waals surface area contributed by atoms with E-state index in [9.17, 15) is 9.59 Å². The van der Waals surface area contributed by atoms with Gasteiger partial charge in [-0.25, -0.2) is 0 Å². The fraction of sp³-hybridized carbons (Fsp3) is 0.800. The highest BCUT2D eigenvalue weighted by atomic mass is 16.1. The van der Waals surface area contributed by atoms with E-state index in [0.717, 1.165) is 19.4 Å². The van der Waals surface area contributed by atoms with E-state index < -0.39 is 0 Å². The number of ketones is 1. The summed E-state index contributed by atoms with van der Waals surface area (Å²) in [7, 11) is 0. The third-order valence-corrected chi connectivity index (χ3v) is 2.72. The van der Waals surface area contributed by atoms with Crippen LogP contribution in [0.4, 0.5) is 0 Å². The van der Waals surface area contributed by atoms with Crippen molar-refractivity contribution >= 4 is 12.1 Å². The molecule has 1 heterocycles. The summed E-state index contributed by atoms with van der Waals surface area (Å²) in [5, 5.41) is 3.18. The Morgan fingerprint density at radius 3 is 3.00 bits per heavy atom. The van der Waals surface area contributed by atoms with Gasteiger partial charge in [0.2, 0.25) is 0 Å². The molecule has 4 nitrogen and oxygen atoms in total. The summed E-state index contributed by atoms with van der Waals surface area (Å²) in [6.07, 6.45) is 1.44. The Bertz CT molecular complexity index is 218. The molecular formula is C10H18N2O2. The summed E-state index contributed by atoms with van der Waals surface area (Å²) >= 11 is 0. The normalized spacial score (nSPS) is 25.7. The van der Waals surface area contributed by atoms with Crippen molar-refractivity contribution in [2.24, 2.45) is 0 Å². The van der Waals surface area contributed by atoms with E-state index in [-0.39, 0.29) is 17.9 Å². The predicted molar refractivity (Wildman–Crippen MR) is 54.2 cm³/mol. The molecule has 80 valence electrons. The van der Waals surface area contributed by atoms with Crippen LogP contribution >= 0.6 is 0 Å². The lowest BCUT2D eigenvalue weighted by molar-refractivity contribution is -0.126. The van der Waals surface area contributed by atoms with Gasteiger partial charge in [-0.2, -0.15) is 0 Å². The number of carbonyl (C=O) groups excluding carboxylic acids is 2. The van der Waals surface area contributed by atoms with Crippen molar-refractivity contribution in [3.05, 3.63) is 0 Å². The van der Waals surface area contributed by atoms with Gasteiger partial charge >= 0.3 is 0 Å². The molecule has 0 bridgehead atoms. The monoisotopic (exact) mass is 198 g/mol. The summed E-state index contributed by atoms with van der Waals surface area (Å²) in [5.74, 6) is 0.214. The maximum absolute atomic E-state index is 11.6. The summed E-state index contributed by atoms with van der Waals surface area (Å²) in [4.78, 5) is 24.3. The minimum Gasteiger partial charge on any atom is -0.313 e. The van der Waals surface area contributed by atoms with Gasteiger partial charge in [0.15, 0.2) is 5.78 Å². The molecule has 4 heteroatoms. The van der Waals surface area contributed by atoms with Gasteiger partial charge in [0.1, 0.15) is 6.29 Å². The molecule has 2 atom stereocenters. The first-order chi connectivity index (χ1) is 6.70. The van der Waals surface area contributed by atoms with Crippen molar-refractivity contribution < 1.29 is 9.59 Å². The van der Waals surface area contributed by atoms with E-state index in [1.54, 1.807) is 0 Å². The number of aldehydes is 1. The van der Waals surface area contributed by atoms with Gasteiger partial charge in [0.25, 0.3) is 0 Å². The van der Waals surface area contributed by atoms with Crippen LogP contribution in [0.2, 0.25) is 0 Å². The Labute approximate surface area is 84.7 Å². The van der Waals surface area contributed by atoms with Gasteiger partial charge in [-0.15, -0.1) is 0 Å². The first-order valence-electron chi connectivity index (χ1n) is 5.15. The Hall–Kier alpha value is -0.740. The van der Waals surface area contributed by atoms with Crippen molar-refractivity contribution in [2.45, 2.75) is 32.4 Å². The van der Waals surface area contributed by atoms with Crippen LogP contribution in [0.1, 0.15) is 20.3 Å². The van der Waals surface area contributed by atoms with Crippen LogP contribution in [0, 0.1) is 0 Å². The highest BCUT2D eigenvalue weighted by Gasteiger charge is 2.30. The van der Waals surface area contributed by atoms with Crippen LogP contribution in [0.25, 0.3) is 0 Å². The van der Waals surface area contributed by atoms with E-state index in [1.807, 2.05) is 18.7 Å². The Kier molecular flexibility index (Phi) is 4.22. The van der Waals surface area contributed by atoms with Crippen molar-refractivity contribution in [3.8, 4) is 0 Å². The van der Waals surface area contributed by atoms with Gasteiger partial charge < -0.3 is 10.1 Å². The summed E-state index contributed by atoms with van der Waals surface area (Å²) in [5.41, 5.74) is 0. The quantitative estimate of drug-likeness (QED) is 0.637. The number of Topliss-reactive ketones (excluding diaryl/α,β-unsaturated/α-hetero) is 1. The van der Waals surface area contributed by atoms with E-state index in [2.05, 4.69) is 5.32 Å². The zero-order valence-electron chi connectivity index (χ0n) is 8.82. The van der Waals surface area contributed by atoms with Crippen molar-refractivity contribution in [1.82, 2.24) is 10.2 Å². The van der Waals surface area contributed by atoms with Crippen molar-refractivity contribution in [3.63, 3.8) is 0 Å². The summed E-state index contributed by atoms with van der Waals surface area (Å²) in [6, 6.07) is -0.272. The maximum Gasteiger partial charge on any atom is 0.151 e. The van der Waals surface area contributed by atoms with Gasteiger partial charge in [-0.1, -0.05) is 6.92 Å². The predicted octanol–water partition coefficient (Wildman–Crippen LogP) is -0.173. The lowest BCUT2D eigenvalue weighted by atomic mass is 10.0. The van der Waals surface area contributed by atoms with E-state index in [4.69, 9.17) is 0 Å². The first-order valence-corrected chi connectivity index (χ1v) is 5.15. The van der Waals surface area contributed by atoms with Crippen molar-refractivity contribution in [2.75, 3.05) is 19.6 Å². The SMILES string of the molecule is CCC(=O)C1CNCCN1C(C)C=O. The number of piperazine rings is 1. The number of rotatable bonds is 4. The van der Waals surface area contributed by atoms with Gasteiger partial charge in [-0.05, 0) is 6.92 Å². The number of carbonyl (C=O) groups is 2. The minimum atomic E-state index is -0.155. The second-order valence-corrected chi connectivity index (χ2v) is 3.65. The average molecular weight is 198 g/mol. The molecule has 0 saturated carbocycles. The molecule has 14 heavy (non-hydrogen) atoms. The molecule has 1 rings (SSSR count). The molecule has 0 aromatic rings. The number of nitrogens with zero attached hydrogens (tertiary/aromatic N) is 1. The molecule has 1 aliphatic heterocycles. The summed E-state index contributed by atoms with van der Waals surface area (Å²) < 4.78 is 0. The van der Waals surface area contributed by atoms with E-state index >= 15 is 0 Å². The lowest BCUT2D eigenvalue weighted by Gasteiger charge is -2.37. The molecule has 0 aliphatic carbocycles. The number of nitrogens with one attached hydrogen (secondary N) is 1. The molecular weight excluding hydrogens is 180 g/mol. The fourth-order valence-corrected chi connectivity index (χ4v) is 1.82. The van der Waals surface area contributed by atoms with Crippen LogP contribution in [0.15, 0.2) is 0 Å². The topological polar surface area (TPSA) is 49.4 Å². The molecule has 0 amide bonds. The average Bonchev–Trinajstić information content (AvgIpc) is 2.27. The van der Waals surface area contributed by atoms with Gasteiger partial charge in [0.05, 0.1) is 12.1 Å². The van der Waals surface area contributed by atoms with Crippen LogP contribution < -0.4 is 5.32 Å². The highest BCUT2D eigenvalue weighted by molar-refractivity contribution is 5.84. The number of hydrogen-bond acceptors (Lipinski definition) is 4. The Morgan fingerprint density at radius 2 is 2.43 bits per heavy atom. The fourth-order valence-electron chi connectivity index (χ4n) is 1.82. The molecule has 1 aliphatic rings. The smallest absolute Gasteiger partial charge is 0.151 e. The van der Waals surface area contributed by atoms with Crippen LogP contribution in [-0.2, 0) is 9.59 Å². The minimum absolute atomic E-state index is 0.117. The molecule has 0 aromatic carbocycles. The zero-order valence-corrected chi connectivity index (χ0v) is 8.82. The second kappa shape index (κ2) is 5.22. The molecule has 2 unspecified atom stereocenters. The lowest BCUT2D eigenvalue weighted by Crippen LogP contribution is -2.57. The van der Waals surface area contributed by atoms with E-state index in [1.165, 1.54) is 0 Å². The molecule has 0 spiro atoms. The Balaban J connectivity index is 2.67. The summed E-state index contributed by atoms with van der Waals surface area (Å²) in [6.45, 7) is 6.00. The third kappa shape index (κ3) is 2.39. The molecule has 0 aromatic heterocycles. The van der Waals surface area contributed by atoms with Crippen molar-refractivity contribution in [1.29, 1.82) is 0 Å². The maximum atomic E-state index is 11.6.